The normalized spacial score (nSPS) is 12.8. The second kappa shape index (κ2) is 10.9. The summed E-state index contributed by atoms with van der Waals surface area (Å²) in [6.07, 6.45) is 2.76. The van der Waals surface area contributed by atoms with E-state index in [2.05, 4.69) is 27.6 Å². The molecule has 2 amide bonds. The minimum Gasteiger partial charge on any atom is -0.483 e. The van der Waals surface area contributed by atoms with Gasteiger partial charge in [0.2, 0.25) is 11.8 Å². The molecule has 3 N–H and O–H groups in total. The van der Waals surface area contributed by atoms with Crippen molar-refractivity contribution in [2.24, 2.45) is 0 Å². The molecule has 1 aliphatic rings. The van der Waals surface area contributed by atoms with Crippen molar-refractivity contribution in [1.82, 2.24) is 20.4 Å². The lowest BCUT2D eigenvalue weighted by Crippen LogP contribution is -2.34. The summed E-state index contributed by atoms with van der Waals surface area (Å²) in [6, 6.07) is 10.1. The van der Waals surface area contributed by atoms with Gasteiger partial charge >= 0.3 is 0 Å². The predicted molar refractivity (Wildman–Crippen MR) is 105 cm³/mol. The minimum atomic E-state index is -0.250. The van der Waals surface area contributed by atoms with Crippen LogP contribution in [0.3, 0.4) is 0 Å². The van der Waals surface area contributed by atoms with Gasteiger partial charge in [0, 0.05) is 56.2 Å². The van der Waals surface area contributed by atoms with E-state index in [4.69, 9.17) is 9.90 Å². The molecule has 0 radical (unpaired) electrons. The lowest BCUT2D eigenvalue weighted by Gasteiger charge is -2.20. The predicted octanol–water partition coefficient (Wildman–Crippen LogP) is 1.62. The Labute approximate surface area is 163 Å². The first kappa shape index (κ1) is 21.1. The van der Waals surface area contributed by atoms with Crippen LogP contribution in [0.5, 0.6) is 0 Å². The number of hydrogen-bond donors (Lipinski definition) is 3. The summed E-state index contributed by atoms with van der Waals surface area (Å²) in [5.41, 5.74) is 4.46. The molecule has 2 aromatic rings. The summed E-state index contributed by atoms with van der Waals surface area (Å²) in [5, 5.41) is 17.3. The Bertz CT molecular complexity index is 789. The fraction of sp³-hybridized carbons (Fsp3) is 0.400. The number of benzene rings is 1. The molecule has 8 heteroatoms. The zero-order valence-electron chi connectivity index (χ0n) is 16.0. The summed E-state index contributed by atoms with van der Waals surface area (Å²) in [5.74, 6) is 0.103. The maximum Gasteiger partial charge on any atom is 0.290 e. The number of carboxylic acid groups (broad SMARTS) is 1. The van der Waals surface area contributed by atoms with Crippen LogP contribution < -0.4 is 5.32 Å². The molecule has 0 atom stereocenters. The largest absolute Gasteiger partial charge is 0.483 e. The van der Waals surface area contributed by atoms with Crippen LogP contribution >= 0.6 is 0 Å². The average Bonchev–Trinajstić information content (AvgIpc) is 2.97. The number of rotatable bonds is 5. The van der Waals surface area contributed by atoms with Gasteiger partial charge in [-0.15, -0.1) is 0 Å². The van der Waals surface area contributed by atoms with E-state index in [0.29, 0.717) is 32.5 Å². The van der Waals surface area contributed by atoms with Crippen molar-refractivity contribution in [3.8, 4) is 11.3 Å². The molecule has 0 fully saturated rings. The van der Waals surface area contributed by atoms with E-state index < -0.39 is 0 Å². The quantitative estimate of drug-likeness (QED) is 0.533. The first-order chi connectivity index (χ1) is 13.6. The van der Waals surface area contributed by atoms with Crippen LogP contribution in [-0.2, 0) is 27.2 Å². The SMILES string of the molecule is CC(=O)NCCCC(=O)N1CCc2[nH]nc(-c3ccccc3)c2CC1.O=CO. The van der Waals surface area contributed by atoms with E-state index in [-0.39, 0.29) is 18.3 Å². The molecule has 1 aromatic carbocycles. The number of carbonyl (C=O) groups is 3. The number of H-pyrrole nitrogens is 1. The number of aromatic nitrogens is 2. The number of nitrogens with one attached hydrogen (secondary N) is 2. The van der Waals surface area contributed by atoms with Gasteiger partial charge in [-0.05, 0) is 12.8 Å². The molecular formula is C20H26N4O4. The third-order valence-electron chi connectivity index (χ3n) is 4.56. The van der Waals surface area contributed by atoms with Crippen LogP contribution in [0.2, 0.25) is 0 Å². The molecule has 1 aliphatic heterocycles. The van der Waals surface area contributed by atoms with Gasteiger partial charge in [0.05, 0.1) is 5.69 Å². The number of amides is 2. The highest BCUT2D eigenvalue weighted by molar-refractivity contribution is 5.77. The molecule has 28 heavy (non-hydrogen) atoms. The summed E-state index contributed by atoms with van der Waals surface area (Å²) in [7, 11) is 0. The zero-order valence-corrected chi connectivity index (χ0v) is 16.0. The molecule has 0 aliphatic carbocycles. The van der Waals surface area contributed by atoms with E-state index in [1.54, 1.807) is 0 Å². The van der Waals surface area contributed by atoms with Crippen molar-refractivity contribution in [3.63, 3.8) is 0 Å². The van der Waals surface area contributed by atoms with Gasteiger partial charge in [-0.3, -0.25) is 19.5 Å². The Balaban J connectivity index is 0.000000878. The Morgan fingerprint density at radius 3 is 2.61 bits per heavy atom. The number of hydrogen-bond acceptors (Lipinski definition) is 4. The lowest BCUT2D eigenvalue weighted by molar-refractivity contribution is -0.131. The smallest absolute Gasteiger partial charge is 0.290 e. The van der Waals surface area contributed by atoms with Crippen LogP contribution in [0.1, 0.15) is 31.0 Å². The van der Waals surface area contributed by atoms with Crippen molar-refractivity contribution >= 4 is 18.3 Å². The highest BCUT2D eigenvalue weighted by Crippen LogP contribution is 2.26. The van der Waals surface area contributed by atoms with Crippen molar-refractivity contribution in [3.05, 3.63) is 41.6 Å². The topological polar surface area (TPSA) is 115 Å². The van der Waals surface area contributed by atoms with Crippen LogP contribution in [0, 0.1) is 0 Å². The standard InChI is InChI=1S/C19H24N4O2.CH2O2/c1-14(24)20-11-5-8-18(25)23-12-9-16-17(10-13-23)21-22-19(16)15-6-3-2-4-7-15;2-1-3/h2-4,6-7H,5,8-13H2,1H3,(H,20,24)(H,21,22);1H,(H,2,3). The van der Waals surface area contributed by atoms with Crippen LogP contribution in [0.15, 0.2) is 30.3 Å². The van der Waals surface area contributed by atoms with Gasteiger partial charge in [0.25, 0.3) is 6.47 Å². The maximum atomic E-state index is 12.4. The first-order valence-electron chi connectivity index (χ1n) is 9.28. The summed E-state index contributed by atoms with van der Waals surface area (Å²) >= 11 is 0. The monoisotopic (exact) mass is 386 g/mol. The zero-order chi connectivity index (χ0) is 20.4. The highest BCUT2D eigenvalue weighted by atomic mass is 16.3. The fourth-order valence-corrected chi connectivity index (χ4v) is 3.23. The van der Waals surface area contributed by atoms with Crippen LogP contribution in [-0.4, -0.2) is 58.1 Å². The van der Waals surface area contributed by atoms with Crippen molar-refractivity contribution < 1.29 is 19.5 Å². The molecule has 0 bridgehead atoms. The number of fused-ring (bicyclic) bond motifs is 1. The van der Waals surface area contributed by atoms with E-state index in [9.17, 15) is 9.59 Å². The Hall–Kier alpha value is -3.16. The molecular weight excluding hydrogens is 360 g/mol. The summed E-state index contributed by atoms with van der Waals surface area (Å²) in [4.78, 5) is 33.6. The van der Waals surface area contributed by atoms with Gasteiger partial charge in [-0.1, -0.05) is 30.3 Å². The van der Waals surface area contributed by atoms with Gasteiger partial charge in [-0.25, -0.2) is 0 Å². The highest BCUT2D eigenvalue weighted by Gasteiger charge is 2.22. The van der Waals surface area contributed by atoms with Gasteiger partial charge in [0.1, 0.15) is 0 Å². The van der Waals surface area contributed by atoms with Crippen LogP contribution in [0.4, 0.5) is 0 Å². The van der Waals surface area contributed by atoms with Crippen molar-refractivity contribution in [2.45, 2.75) is 32.6 Å². The fourth-order valence-electron chi connectivity index (χ4n) is 3.23. The average molecular weight is 386 g/mol. The first-order valence-corrected chi connectivity index (χ1v) is 9.28. The molecule has 0 saturated heterocycles. The minimum absolute atomic E-state index is 0.0540. The Morgan fingerprint density at radius 2 is 1.93 bits per heavy atom. The van der Waals surface area contributed by atoms with E-state index >= 15 is 0 Å². The summed E-state index contributed by atoms with van der Waals surface area (Å²) in [6.45, 7) is 3.21. The van der Waals surface area contributed by atoms with Crippen molar-refractivity contribution in [2.75, 3.05) is 19.6 Å². The third kappa shape index (κ3) is 5.94. The van der Waals surface area contributed by atoms with Gasteiger partial charge < -0.3 is 15.3 Å². The number of carbonyl (C=O) groups excluding carboxylic acids is 2. The lowest BCUT2D eigenvalue weighted by atomic mass is 10.0. The number of aromatic amines is 1. The van der Waals surface area contributed by atoms with E-state index in [1.807, 2.05) is 23.1 Å². The molecule has 2 heterocycles. The molecule has 3 rings (SSSR count). The second-order valence-corrected chi connectivity index (χ2v) is 6.47. The maximum absolute atomic E-state index is 12.4. The molecule has 8 nitrogen and oxygen atoms in total. The Morgan fingerprint density at radius 1 is 1.25 bits per heavy atom. The Kier molecular flexibility index (Phi) is 8.20. The van der Waals surface area contributed by atoms with Crippen LogP contribution in [0.25, 0.3) is 11.3 Å². The third-order valence-corrected chi connectivity index (χ3v) is 4.56. The molecule has 150 valence electrons. The summed E-state index contributed by atoms with van der Waals surface area (Å²) < 4.78 is 0. The van der Waals surface area contributed by atoms with E-state index in [1.165, 1.54) is 12.5 Å². The van der Waals surface area contributed by atoms with Gasteiger partial charge in [-0.2, -0.15) is 5.10 Å². The van der Waals surface area contributed by atoms with Crippen molar-refractivity contribution in [1.29, 1.82) is 0 Å². The molecule has 0 unspecified atom stereocenters. The van der Waals surface area contributed by atoms with Gasteiger partial charge in [0.15, 0.2) is 0 Å². The molecule has 1 aromatic heterocycles. The number of nitrogens with zero attached hydrogens (tertiary/aromatic N) is 2. The second-order valence-electron chi connectivity index (χ2n) is 6.47. The molecule has 0 spiro atoms. The molecule has 0 saturated carbocycles. The van der Waals surface area contributed by atoms with E-state index in [0.717, 1.165) is 29.8 Å².